The van der Waals surface area contributed by atoms with E-state index in [1.807, 2.05) is 0 Å². The zero-order chi connectivity index (χ0) is 11.5. The van der Waals surface area contributed by atoms with Crippen LogP contribution in [0.5, 0.6) is 0 Å². The minimum atomic E-state index is -0.899. The van der Waals surface area contributed by atoms with Crippen molar-refractivity contribution in [3.8, 4) is 0 Å². The van der Waals surface area contributed by atoms with Gasteiger partial charge in [0.2, 0.25) is 0 Å². The van der Waals surface area contributed by atoms with Gasteiger partial charge in [0.05, 0.1) is 12.2 Å². The van der Waals surface area contributed by atoms with Crippen LogP contribution in [-0.2, 0) is 4.79 Å². The van der Waals surface area contributed by atoms with Crippen molar-refractivity contribution in [3.63, 3.8) is 0 Å². The molecule has 3 heteroatoms. The predicted octanol–water partition coefficient (Wildman–Crippen LogP) is 3.65. The first-order chi connectivity index (χ1) is 7.16. The molecule has 0 bridgehead atoms. The number of carboxylic acids is 1. The molecule has 0 saturated heterocycles. The number of aliphatic hydroxyl groups excluding tert-OH is 1. The normalized spacial score (nSPS) is 11.7. The molecule has 0 spiro atoms. The van der Waals surface area contributed by atoms with Crippen LogP contribution in [0.15, 0.2) is 11.8 Å². The van der Waals surface area contributed by atoms with Gasteiger partial charge in [-0.05, 0) is 12.5 Å². The highest BCUT2D eigenvalue weighted by Gasteiger charge is 1.97. The van der Waals surface area contributed by atoms with Gasteiger partial charge in [-0.1, -0.05) is 39.0 Å². The van der Waals surface area contributed by atoms with Gasteiger partial charge in [-0.2, -0.15) is 0 Å². The minimum Gasteiger partial charge on any atom is -0.513 e. The van der Waals surface area contributed by atoms with Crippen molar-refractivity contribution in [3.05, 3.63) is 11.8 Å². The van der Waals surface area contributed by atoms with Crippen LogP contribution in [0.25, 0.3) is 0 Å². The monoisotopic (exact) mass is 214 g/mol. The quantitative estimate of drug-likeness (QED) is 0.455. The summed E-state index contributed by atoms with van der Waals surface area (Å²) in [5.74, 6) is -0.683. The fourth-order valence-electron chi connectivity index (χ4n) is 1.39. The Morgan fingerprint density at radius 3 is 2.27 bits per heavy atom. The number of aliphatic hydroxyl groups is 1. The van der Waals surface area contributed by atoms with Crippen LogP contribution in [0, 0.1) is 0 Å². The molecule has 0 aliphatic heterocycles. The Labute approximate surface area is 91.8 Å². The number of aliphatic carboxylic acids is 1. The lowest BCUT2D eigenvalue weighted by molar-refractivity contribution is -0.136. The van der Waals surface area contributed by atoms with Crippen molar-refractivity contribution in [2.75, 3.05) is 0 Å². The summed E-state index contributed by atoms with van der Waals surface area (Å²) >= 11 is 0. The van der Waals surface area contributed by atoms with E-state index in [0.717, 1.165) is 12.8 Å². The van der Waals surface area contributed by atoms with E-state index in [4.69, 9.17) is 5.11 Å². The molecule has 2 N–H and O–H groups in total. The molecule has 0 aliphatic carbocycles. The second-order valence-electron chi connectivity index (χ2n) is 3.81. The van der Waals surface area contributed by atoms with Crippen LogP contribution < -0.4 is 0 Å². The molecule has 3 nitrogen and oxygen atoms in total. The summed E-state index contributed by atoms with van der Waals surface area (Å²) in [6, 6.07) is 0. The molecule has 0 atom stereocenters. The van der Waals surface area contributed by atoms with Gasteiger partial charge < -0.3 is 10.2 Å². The lowest BCUT2D eigenvalue weighted by atomic mass is 10.1. The standard InChI is InChI=1S/C12H22O3/c1-2-3-4-5-6-7-8-11(13)9-10-12(14)15/h9,13H,2-8,10H2,1H3,(H,14,15). The van der Waals surface area contributed by atoms with Crippen molar-refractivity contribution in [2.24, 2.45) is 0 Å². The van der Waals surface area contributed by atoms with E-state index in [-0.39, 0.29) is 12.2 Å². The Balaban J connectivity index is 3.34. The first kappa shape index (κ1) is 14.0. The molecule has 0 aromatic carbocycles. The van der Waals surface area contributed by atoms with E-state index >= 15 is 0 Å². The van der Waals surface area contributed by atoms with Crippen LogP contribution in [-0.4, -0.2) is 16.2 Å². The highest BCUT2D eigenvalue weighted by molar-refractivity contribution is 5.68. The van der Waals surface area contributed by atoms with E-state index < -0.39 is 5.97 Å². The minimum absolute atomic E-state index is 0.0817. The second-order valence-corrected chi connectivity index (χ2v) is 3.81. The smallest absolute Gasteiger partial charge is 0.307 e. The van der Waals surface area contributed by atoms with Crippen LogP contribution in [0.4, 0.5) is 0 Å². The van der Waals surface area contributed by atoms with Crippen molar-refractivity contribution >= 4 is 5.97 Å². The molecule has 0 heterocycles. The Morgan fingerprint density at radius 1 is 1.07 bits per heavy atom. The summed E-state index contributed by atoms with van der Waals surface area (Å²) in [5, 5.41) is 17.7. The summed E-state index contributed by atoms with van der Waals surface area (Å²) in [5.41, 5.74) is 0. The maximum Gasteiger partial charge on any atom is 0.307 e. The summed E-state index contributed by atoms with van der Waals surface area (Å²) < 4.78 is 0. The molecule has 15 heavy (non-hydrogen) atoms. The molecule has 0 unspecified atom stereocenters. The third-order valence-corrected chi connectivity index (χ3v) is 2.30. The first-order valence-corrected chi connectivity index (χ1v) is 5.76. The zero-order valence-corrected chi connectivity index (χ0v) is 9.54. The third-order valence-electron chi connectivity index (χ3n) is 2.30. The van der Waals surface area contributed by atoms with E-state index in [9.17, 15) is 9.90 Å². The van der Waals surface area contributed by atoms with Gasteiger partial charge in [-0.25, -0.2) is 0 Å². The molecule has 0 rings (SSSR count). The van der Waals surface area contributed by atoms with Gasteiger partial charge in [0, 0.05) is 6.42 Å². The largest absolute Gasteiger partial charge is 0.513 e. The van der Waals surface area contributed by atoms with Gasteiger partial charge in [-0.15, -0.1) is 0 Å². The maximum atomic E-state index is 10.2. The molecule has 88 valence electrons. The van der Waals surface area contributed by atoms with Gasteiger partial charge in [0.25, 0.3) is 0 Å². The fourth-order valence-corrected chi connectivity index (χ4v) is 1.39. The van der Waals surface area contributed by atoms with Gasteiger partial charge >= 0.3 is 5.97 Å². The van der Waals surface area contributed by atoms with Crippen molar-refractivity contribution in [2.45, 2.75) is 58.3 Å². The van der Waals surface area contributed by atoms with Crippen LogP contribution in [0.3, 0.4) is 0 Å². The number of hydrogen-bond acceptors (Lipinski definition) is 2. The molecule has 0 fully saturated rings. The van der Waals surface area contributed by atoms with Crippen LogP contribution >= 0.6 is 0 Å². The fraction of sp³-hybridized carbons (Fsp3) is 0.750. The number of hydrogen-bond donors (Lipinski definition) is 2. The number of unbranched alkanes of at least 4 members (excludes halogenated alkanes) is 5. The molecule has 0 radical (unpaired) electrons. The molecule has 0 aromatic rings. The lowest BCUT2D eigenvalue weighted by Crippen LogP contribution is -1.92. The Kier molecular flexibility index (Phi) is 8.93. The predicted molar refractivity (Wildman–Crippen MR) is 61.0 cm³/mol. The highest BCUT2D eigenvalue weighted by Crippen LogP contribution is 2.10. The third kappa shape index (κ3) is 10.9. The summed E-state index contributed by atoms with van der Waals surface area (Å²) in [6.45, 7) is 2.18. The first-order valence-electron chi connectivity index (χ1n) is 5.76. The van der Waals surface area contributed by atoms with Gasteiger partial charge in [0.15, 0.2) is 0 Å². The Morgan fingerprint density at radius 2 is 1.67 bits per heavy atom. The maximum absolute atomic E-state index is 10.2. The molecular formula is C12H22O3. The van der Waals surface area contributed by atoms with Crippen LogP contribution in [0.1, 0.15) is 58.3 Å². The lowest BCUT2D eigenvalue weighted by Gasteiger charge is -2.00. The van der Waals surface area contributed by atoms with Crippen molar-refractivity contribution < 1.29 is 15.0 Å². The number of rotatable bonds is 9. The summed E-state index contributed by atoms with van der Waals surface area (Å²) in [4.78, 5) is 10.2. The summed E-state index contributed by atoms with van der Waals surface area (Å²) in [7, 11) is 0. The van der Waals surface area contributed by atoms with E-state index in [1.54, 1.807) is 0 Å². The van der Waals surface area contributed by atoms with Gasteiger partial charge in [-0.3, -0.25) is 4.79 Å². The van der Waals surface area contributed by atoms with E-state index in [1.165, 1.54) is 31.8 Å². The molecule has 0 saturated carbocycles. The second kappa shape index (κ2) is 9.56. The van der Waals surface area contributed by atoms with E-state index in [0.29, 0.717) is 6.42 Å². The summed E-state index contributed by atoms with van der Waals surface area (Å²) in [6.07, 6.45) is 8.97. The molecule has 0 aliphatic rings. The highest BCUT2D eigenvalue weighted by atomic mass is 16.4. The Hall–Kier alpha value is -0.990. The van der Waals surface area contributed by atoms with Crippen LogP contribution in [0.2, 0.25) is 0 Å². The number of carboxylic acid groups (broad SMARTS) is 1. The average molecular weight is 214 g/mol. The van der Waals surface area contributed by atoms with Crippen molar-refractivity contribution in [1.82, 2.24) is 0 Å². The molecular weight excluding hydrogens is 192 g/mol. The SMILES string of the molecule is CCCCCCCCC(O)=CCC(=O)O. The molecule has 0 aromatic heterocycles. The van der Waals surface area contributed by atoms with Crippen molar-refractivity contribution in [1.29, 1.82) is 0 Å². The number of carbonyl (C=O) groups is 1. The Bertz CT molecular complexity index is 197. The molecule has 0 amide bonds. The van der Waals surface area contributed by atoms with Gasteiger partial charge in [0.1, 0.15) is 0 Å². The number of allylic oxidation sites excluding steroid dienone is 1. The zero-order valence-electron chi connectivity index (χ0n) is 9.54. The topological polar surface area (TPSA) is 57.5 Å². The van der Waals surface area contributed by atoms with E-state index in [2.05, 4.69) is 6.92 Å². The average Bonchev–Trinajstić information content (AvgIpc) is 2.20.